The van der Waals surface area contributed by atoms with Crippen LogP contribution in [0.25, 0.3) is 11.1 Å². The van der Waals surface area contributed by atoms with Crippen molar-refractivity contribution in [2.75, 3.05) is 38.6 Å². The predicted molar refractivity (Wildman–Crippen MR) is 83.9 cm³/mol. The Morgan fingerprint density at radius 1 is 1.32 bits per heavy atom. The van der Waals surface area contributed by atoms with Gasteiger partial charge >= 0.3 is 0 Å². The highest BCUT2D eigenvalue weighted by molar-refractivity contribution is 5.87. The van der Waals surface area contributed by atoms with Gasteiger partial charge in [0.05, 0.1) is 11.3 Å². The number of fused-ring (bicyclic) bond motifs is 1. The van der Waals surface area contributed by atoms with Gasteiger partial charge in [0, 0.05) is 19.6 Å². The SMILES string of the molecule is Cc1noc2ncnc(N3CCC[C@@](O)(CN(C)C)CC3)c12. The Hall–Kier alpha value is -1.73. The second kappa shape index (κ2) is 5.81. The van der Waals surface area contributed by atoms with Crippen LogP contribution in [-0.4, -0.2) is 64.5 Å². The standard InChI is InChI=1S/C15H23N5O2/c1-11-12-13(16-10-17-14(12)22-18-11)20-7-4-5-15(21,6-8-20)9-19(2)3/h10,21H,4-9H2,1-3H3/t15-/m0/s1. The number of aromatic nitrogens is 3. The zero-order valence-corrected chi connectivity index (χ0v) is 13.4. The van der Waals surface area contributed by atoms with Gasteiger partial charge in [-0.15, -0.1) is 0 Å². The summed E-state index contributed by atoms with van der Waals surface area (Å²) in [6.45, 7) is 4.22. The normalized spacial score (nSPS) is 23.2. The molecule has 1 aliphatic heterocycles. The summed E-state index contributed by atoms with van der Waals surface area (Å²) in [5, 5.41) is 15.6. The maximum absolute atomic E-state index is 10.8. The molecule has 0 radical (unpaired) electrons. The summed E-state index contributed by atoms with van der Waals surface area (Å²) in [4.78, 5) is 12.8. The van der Waals surface area contributed by atoms with Crippen molar-refractivity contribution >= 4 is 16.9 Å². The molecule has 1 aliphatic rings. The molecule has 22 heavy (non-hydrogen) atoms. The van der Waals surface area contributed by atoms with E-state index in [0.717, 1.165) is 49.2 Å². The number of hydrogen-bond acceptors (Lipinski definition) is 7. The maximum Gasteiger partial charge on any atom is 0.263 e. The summed E-state index contributed by atoms with van der Waals surface area (Å²) in [5.41, 5.74) is 0.697. The molecule has 0 spiro atoms. The van der Waals surface area contributed by atoms with Crippen LogP contribution in [0.1, 0.15) is 25.0 Å². The number of rotatable bonds is 3. The fourth-order valence-corrected chi connectivity index (χ4v) is 3.28. The fraction of sp³-hybridized carbons (Fsp3) is 0.667. The zero-order chi connectivity index (χ0) is 15.7. The lowest BCUT2D eigenvalue weighted by Gasteiger charge is -2.30. The summed E-state index contributed by atoms with van der Waals surface area (Å²) < 4.78 is 5.22. The van der Waals surface area contributed by atoms with Gasteiger partial charge < -0.3 is 19.4 Å². The maximum atomic E-state index is 10.8. The van der Waals surface area contributed by atoms with Crippen LogP contribution in [0.5, 0.6) is 0 Å². The van der Waals surface area contributed by atoms with Crippen LogP contribution in [0.4, 0.5) is 5.82 Å². The molecule has 2 aromatic heterocycles. The van der Waals surface area contributed by atoms with Crippen LogP contribution >= 0.6 is 0 Å². The van der Waals surface area contributed by atoms with Gasteiger partial charge in [0.15, 0.2) is 0 Å². The lowest BCUT2D eigenvalue weighted by atomic mass is 9.94. The van der Waals surface area contributed by atoms with Crippen molar-refractivity contribution in [2.24, 2.45) is 0 Å². The minimum absolute atomic E-state index is 0.523. The molecule has 3 heterocycles. The molecule has 0 saturated carbocycles. The topological polar surface area (TPSA) is 78.5 Å². The first-order valence-electron chi connectivity index (χ1n) is 7.67. The molecule has 0 bridgehead atoms. The van der Waals surface area contributed by atoms with Gasteiger partial charge in [0.2, 0.25) is 0 Å². The third-order valence-electron chi connectivity index (χ3n) is 4.25. The smallest absolute Gasteiger partial charge is 0.263 e. The quantitative estimate of drug-likeness (QED) is 0.913. The summed E-state index contributed by atoms with van der Waals surface area (Å²) >= 11 is 0. The Kier molecular flexibility index (Phi) is 4.01. The number of aryl methyl sites for hydroxylation is 1. The molecule has 1 N–H and O–H groups in total. The highest BCUT2D eigenvalue weighted by Crippen LogP contribution is 2.30. The van der Waals surface area contributed by atoms with Gasteiger partial charge in [-0.2, -0.15) is 4.98 Å². The first-order chi connectivity index (χ1) is 10.5. The van der Waals surface area contributed by atoms with E-state index in [4.69, 9.17) is 4.52 Å². The van der Waals surface area contributed by atoms with Crippen LogP contribution in [0.2, 0.25) is 0 Å². The Morgan fingerprint density at radius 2 is 2.14 bits per heavy atom. The first-order valence-corrected chi connectivity index (χ1v) is 7.67. The summed E-state index contributed by atoms with van der Waals surface area (Å²) in [5.74, 6) is 0.859. The largest absolute Gasteiger partial charge is 0.388 e. The van der Waals surface area contributed by atoms with Gasteiger partial charge in [0.25, 0.3) is 5.71 Å². The third kappa shape index (κ3) is 2.91. The molecule has 0 amide bonds. The molecule has 2 aromatic rings. The van der Waals surface area contributed by atoms with E-state index in [0.29, 0.717) is 12.3 Å². The average Bonchev–Trinajstić information content (AvgIpc) is 2.73. The highest BCUT2D eigenvalue weighted by atomic mass is 16.5. The zero-order valence-electron chi connectivity index (χ0n) is 13.4. The number of hydrogen-bond donors (Lipinski definition) is 1. The number of likely N-dealkylation sites (N-methyl/N-ethyl adjacent to an activating group) is 1. The molecule has 120 valence electrons. The lowest BCUT2D eigenvalue weighted by molar-refractivity contribution is 0.00537. The number of anilines is 1. The second-order valence-electron chi connectivity index (χ2n) is 6.45. The van der Waals surface area contributed by atoms with E-state index < -0.39 is 5.60 Å². The fourth-order valence-electron chi connectivity index (χ4n) is 3.28. The Bertz CT molecular complexity index is 656. The van der Waals surface area contributed by atoms with E-state index in [1.165, 1.54) is 6.33 Å². The summed E-state index contributed by atoms with van der Waals surface area (Å²) in [7, 11) is 3.99. The molecule has 7 nitrogen and oxygen atoms in total. The third-order valence-corrected chi connectivity index (χ3v) is 4.25. The van der Waals surface area contributed by atoms with Crippen LogP contribution in [0.3, 0.4) is 0 Å². The van der Waals surface area contributed by atoms with Crippen LogP contribution in [0, 0.1) is 6.92 Å². The molecule has 0 aromatic carbocycles. The first kappa shape index (κ1) is 15.2. The minimum atomic E-state index is -0.631. The van der Waals surface area contributed by atoms with Gasteiger partial charge in [-0.05, 0) is 40.3 Å². The van der Waals surface area contributed by atoms with Crippen LogP contribution in [0.15, 0.2) is 10.9 Å². The average molecular weight is 305 g/mol. The molecule has 0 unspecified atom stereocenters. The van der Waals surface area contributed by atoms with Crippen molar-refractivity contribution in [1.82, 2.24) is 20.0 Å². The van der Waals surface area contributed by atoms with Crippen molar-refractivity contribution in [3.8, 4) is 0 Å². The number of nitrogens with zero attached hydrogens (tertiary/aromatic N) is 5. The van der Waals surface area contributed by atoms with Crippen LogP contribution in [-0.2, 0) is 0 Å². The lowest BCUT2D eigenvalue weighted by Crippen LogP contribution is -2.41. The Morgan fingerprint density at radius 3 is 2.91 bits per heavy atom. The van der Waals surface area contributed by atoms with Crippen molar-refractivity contribution in [2.45, 2.75) is 31.8 Å². The van der Waals surface area contributed by atoms with Crippen molar-refractivity contribution in [3.05, 3.63) is 12.0 Å². The van der Waals surface area contributed by atoms with Gasteiger partial charge in [-0.25, -0.2) is 4.98 Å². The monoisotopic (exact) mass is 305 g/mol. The van der Waals surface area contributed by atoms with E-state index in [1.54, 1.807) is 0 Å². The van der Waals surface area contributed by atoms with Crippen LogP contribution < -0.4 is 4.90 Å². The van der Waals surface area contributed by atoms with E-state index in [1.807, 2.05) is 25.9 Å². The Balaban J connectivity index is 1.85. The van der Waals surface area contributed by atoms with E-state index in [-0.39, 0.29) is 0 Å². The molecule has 1 atom stereocenters. The molecular weight excluding hydrogens is 282 g/mol. The molecule has 3 rings (SSSR count). The molecule has 1 fully saturated rings. The van der Waals surface area contributed by atoms with Gasteiger partial charge in [-0.1, -0.05) is 5.16 Å². The Labute approximate surface area is 129 Å². The molecule has 0 aliphatic carbocycles. The molecular formula is C15H23N5O2. The molecule has 1 saturated heterocycles. The van der Waals surface area contributed by atoms with E-state index >= 15 is 0 Å². The number of aliphatic hydroxyl groups is 1. The summed E-state index contributed by atoms with van der Waals surface area (Å²) in [6, 6.07) is 0. The highest BCUT2D eigenvalue weighted by Gasteiger charge is 2.31. The summed E-state index contributed by atoms with van der Waals surface area (Å²) in [6.07, 6.45) is 3.97. The van der Waals surface area contributed by atoms with Gasteiger partial charge in [0.1, 0.15) is 17.5 Å². The predicted octanol–water partition coefficient (Wildman–Crippen LogP) is 1.21. The van der Waals surface area contributed by atoms with Crippen molar-refractivity contribution in [1.29, 1.82) is 0 Å². The van der Waals surface area contributed by atoms with E-state index in [9.17, 15) is 5.11 Å². The molecule has 7 heteroatoms. The van der Waals surface area contributed by atoms with Crippen molar-refractivity contribution < 1.29 is 9.63 Å². The van der Waals surface area contributed by atoms with Gasteiger partial charge in [-0.3, -0.25) is 0 Å². The second-order valence-corrected chi connectivity index (χ2v) is 6.45. The van der Waals surface area contributed by atoms with Crippen molar-refractivity contribution in [3.63, 3.8) is 0 Å². The van der Waals surface area contributed by atoms with E-state index in [2.05, 4.69) is 20.0 Å². The minimum Gasteiger partial charge on any atom is -0.388 e.